The highest BCUT2D eigenvalue weighted by Gasteiger charge is 2.30. The number of hydrogen-bond acceptors (Lipinski definition) is 3. The van der Waals surface area contributed by atoms with E-state index >= 15 is 0 Å². The molecule has 1 aliphatic rings. The van der Waals surface area contributed by atoms with Gasteiger partial charge in [0.05, 0.1) is 12.0 Å². The smallest absolute Gasteiger partial charge is 0.229 e. The fourth-order valence-corrected chi connectivity index (χ4v) is 2.30. The molecule has 2 heterocycles. The first-order valence-electron chi connectivity index (χ1n) is 6.46. The summed E-state index contributed by atoms with van der Waals surface area (Å²) in [5.41, 5.74) is 0.926. The maximum atomic E-state index is 12.3. The summed E-state index contributed by atoms with van der Waals surface area (Å²) in [6.45, 7) is 5.10. The van der Waals surface area contributed by atoms with Crippen molar-refractivity contribution in [1.29, 1.82) is 0 Å². The number of pyridine rings is 1. The number of hydrogen-bond donors (Lipinski definition) is 1. The zero-order valence-corrected chi connectivity index (χ0v) is 10.9. The fraction of sp³-hybridized carbons (Fsp3) is 0.571. The van der Waals surface area contributed by atoms with Crippen molar-refractivity contribution >= 4 is 5.91 Å². The zero-order valence-electron chi connectivity index (χ0n) is 10.9. The third-order valence-electron chi connectivity index (χ3n) is 3.79. The molecule has 4 heteroatoms. The number of carbonyl (C=O) groups is 1. The maximum Gasteiger partial charge on any atom is 0.229 e. The number of nitrogens with zero attached hydrogens (tertiary/aromatic N) is 2. The van der Waals surface area contributed by atoms with Gasteiger partial charge in [0.25, 0.3) is 0 Å². The van der Waals surface area contributed by atoms with E-state index in [0.717, 1.165) is 18.5 Å². The predicted molar refractivity (Wildman–Crippen MR) is 69.0 cm³/mol. The van der Waals surface area contributed by atoms with Crippen LogP contribution in [0.1, 0.15) is 31.7 Å². The Morgan fingerprint density at radius 3 is 3.00 bits per heavy atom. The van der Waals surface area contributed by atoms with Crippen LogP contribution in [0.4, 0.5) is 0 Å². The Hall–Kier alpha value is -1.42. The highest BCUT2D eigenvalue weighted by atomic mass is 16.3. The number of likely N-dealkylation sites (tertiary alicyclic amines) is 1. The molecule has 0 aromatic carbocycles. The summed E-state index contributed by atoms with van der Waals surface area (Å²) in [5.74, 6) is 0.163. The lowest BCUT2D eigenvalue weighted by Gasteiger charge is -2.35. The van der Waals surface area contributed by atoms with Gasteiger partial charge in [-0.3, -0.25) is 9.78 Å². The van der Waals surface area contributed by atoms with Gasteiger partial charge in [-0.05, 0) is 30.9 Å². The maximum absolute atomic E-state index is 12.3. The molecule has 1 saturated heterocycles. The van der Waals surface area contributed by atoms with Gasteiger partial charge in [0.1, 0.15) is 0 Å². The number of β-amino-alcohol motifs (C(OH)–C–C–N with tert-alkyl or cyclic N) is 1. The van der Waals surface area contributed by atoms with Crippen molar-refractivity contribution in [3.63, 3.8) is 0 Å². The van der Waals surface area contributed by atoms with Crippen LogP contribution in [0.5, 0.6) is 0 Å². The fourth-order valence-electron chi connectivity index (χ4n) is 2.30. The number of aliphatic hydroxyl groups is 1. The van der Waals surface area contributed by atoms with Crippen LogP contribution < -0.4 is 0 Å². The summed E-state index contributed by atoms with van der Waals surface area (Å²) in [7, 11) is 0. The Balaban J connectivity index is 2.03. The number of piperidine rings is 1. The molecular weight excluding hydrogens is 228 g/mol. The van der Waals surface area contributed by atoms with E-state index in [1.54, 1.807) is 17.3 Å². The molecule has 4 nitrogen and oxygen atoms in total. The van der Waals surface area contributed by atoms with Crippen LogP contribution >= 0.6 is 0 Å². The van der Waals surface area contributed by atoms with Gasteiger partial charge in [-0.25, -0.2) is 0 Å². The molecule has 1 N–H and O–H groups in total. The van der Waals surface area contributed by atoms with Crippen LogP contribution in [0.2, 0.25) is 0 Å². The molecule has 1 fully saturated rings. The average molecular weight is 248 g/mol. The Labute approximate surface area is 108 Å². The van der Waals surface area contributed by atoms with Crippen LogP contribution in [-0.2, 0) is 4.79 Å². The minimum atomic E-state index is -0.399. The van der Waals surface area contributed by atoms with Crippen molar-refractivity contribution < 1.29 is 9.90 Å². The van der Waals surface area contributed by atoms with Crippen LogP contribution in [0.3, 0.4) is 0 Å². The molecular formula is C14H20N2O2. The van der Waals surface area contributed by atoms with Gasteiger partial charge in [-0.15, -0.1) is 0 Å². The molecule has 0 spiro atoms. The van der Waals surface area contributed by atoms with Gasteiger partial charge in [0.2, 0.25) is 5.91 Å². The minimum absolute atomic E-state index is 0.0777. The summed E-state index contributed by atoms with van der Waals surface area (Å²) in [6, 6.07) is 3.75. The number of aromatic nitrogens is 1. The molecule has 3 atom stereocenters. The highest BCUT2D eigenvalue weighted by molar-refractivity contribution is 5.83. The normalized spacial score (nSPS) is 25.8. The Morgan fingerprint density at radius 1 is 1.61 bits per heavy atom. The molecule has 1 amide bonds. The lowest BCUT2D eigenvalue weighted by Crippen LogP contribution is -2.47. The van der Waals surface area contributed by atoms with E-state index < -0.39 is 6.10 Å². The van der Waals surface area contributed by atoms with E-state index in [2.05, 4.69) is 4.98 Å². The molecule has 0 bridgehead atoms. The van der Waals surface area contributed by atoms with E-state index in [4.69, 9.17) is 0 Å². The molecule has 18 heavy (non-hydrogen) atoms. The summed E-state index contributed by atoms with van der Waals surface area (Å²) in [5, 5.41) is 9.84. The van der Waals surface area contributed by atoms with Gasteiger partial charge in [0.15, 0.2) is 0 Å². The van der Waals surface area contributed by atoms with Crippen molar-refractivity contribution in [3.05, 3.63) is 30.1 Å². The summed E-state index contributed by atoms with van der Waals surface area (Å²) < 4.78 is 0. The van der Waals surface area contributed by atoms with E-state index in [1.165, 1.54) is 0 Å². The molecule has 98 valence electrons. The number of rotatable bonds is 2. The predicted octanol–water partition coefficient (Wildman–Crippen LogP) is 1.41. The molecule has 2 rings (SSSR count). The SMILES string of the molecule is CC(C(=O)N1CCC(C)C(O)C1)c1cccnc1. The average Bonchev–Trinajstić information content (AvgIpc) is 2.41. The van der Waals surface area contributed by atoms with Crippen LogP contribution in [-0.4, -0.2) is 40.1 Å². The lowest BCUT2D eigenvalue weighted by atomic mass is 9.94. The molecule has 0 aliphatic carbocycles. The van der Waals surface area contributed by atoms with Gasteiger partial charge >= 0.3 is 0 Å². The molecule has 1 aromatic rings. The molecule has 3 unspecified atom stereocenters. The quantitative estimate of drug-likeness (QED) is 0.861. The van der Waals surface area contributed by atoms with E-state index in [1.807, 2.05) is 26.0 Å². The van der Waals surface area contributed by atoms with E-state index in [-0.39, 0.29) is 17.7 Å². The second kappa shape index (κ2) is 5.48. The van der Waals surface area contributed by atoms with Crippen LogP contribution in [0, 0.1) is 5.92 Å². The van der Waals surface area contributed by atoms with Crippen molar-refractivity contribution in [1.82, 2.24) is 9.88 Å². The van der Waals surface area contributed by atoms with Crippen molar-refractivity contribution in [2.45, 2.75) is 32.3 Å². The van der Waals surface area contributed by atoms with Crippen LogP contribution in [0.25, 0.3) is 0 Å². The van der Waals surface area contributed by atoms with Gasteiger partial charge in [0, 0.05) is 25.5 Å². The standard InChI is InChI=1S/C14H20N2O2/c1-10-5-7-16(9-13(10)17)14(18)11(2)12-4-3-6-15-8-12/h3-4,6,8,10-11,13,17H,5,7,9H2,1-2H3. The highest BCUT2D eigenvalue weighted by Crippen LogP contribution is 2.22. The van der Waals surface area contributed by atoms with Gasteiger partial charge in [-0.1, -0.05) is 13.0 Å². The van der Waals surface area contributed by atoms with Crippen molar-refractivity contribution in [2.24, 2.45) is 5.92 Å². The Kier molecular flexibility index (Phi) is 3.97. The summed E-state index contributed by atoms with van der Waals surface area (Å²) >= 11 is 0. The number of aliphatic hydroxyl groups excluding tert-OH is 1. The monoisotopic (exact) mass is 248 g/mol. The second-order valence-corrected chi connectivity index (χ2v) is 5.13. The third-order valence-corrected chi connectivity index (χ3v) is 3.79. The summed E-state index contributed by atoms with van der Waals surface area (Å²) in [4.78, 5) is 18.1. The molecule has 0 radical (unpaired) electrons. The summed E-state index contributed by atoms with van der Waals surface area (Å²) in [6.07, 6.45) is 3.90. The van der Waals surface area contributed by atoms with Crippen molar-refractivity contribution in [2.75, 3.05) is 13.1 Å². The van der Waals surface area contributed by atoms with Crippen molar-refractivity contribution in [3.8, 4) is 0 Å². The first-order chi connectivity index (χ1) is 8.59. The number of carbonyl (C=O) groups excluding carboxylic acids is 1. The topological polar surface area (TPSA) is 53.4 Å². The number of amides is 1. The molecule has 0 saturated carbocycles. The lowest BCUT2D eigenvalue weighted by molar-refractivity contribution is -0.136. The zero-order chi connectivity index (χ0) is 13.1. The van der Waals surface area contributed by atoms with E-state index in [9.17, 15) is 9.90 Å². The van der Waals surface area contributed by atoms with Crippen LogP contribution in [0.15, 0.2) is 24.5 Å². The first-order valence-corrected chi connectivity index (χ1v) is 6.46. The Bertz CT molecular complexity index is 408. The second-order valence-electron chi connectivity index (χ2n) is 5.13. The first kappa shape index (κ1) is 13.0. The van der Waals surface area contributed by atoms with Gasteiger partial charge in [-0.2, -0.15) is 0 Å². The minimum Gasteiger partial charge on any atom is -0.391 e. The third kappa shape index (κ3) is 2.70. The van der Waals surface area contributed by atoms with E-state index in [0.29, 0.717) is 6.54 Å². The molecule has 1 aromatic heterocycles. The largest absolute Gasteiger partial charge is 0.391 e. The van der Waals surface area contributed by atoms with Gasteiger partial charge < -0.3 is 10.0 Å². The Morgan fingerprint density at radius 2 is 2.39 bits per heavy atom. The molecule has 1 aliphatic heterocycles.